The summed E-state index contributed by atoms with van der Waals surface area (Å²) in [7, 11) is 0. The third-order valence-corrected chi connectivity index (χ3v) is 5.64. The van der Waals surface area contributed by atoms with Crippen molar-refractivity contribution >= 4 is 39.3 Å². The van der Waals surface area contributed by atoms with Crippen molar-refractivity contribution in [3.8, 4) is 5.75 Å². The fourth-order valence-electron chi connectivity index (χ4n) is 2.87. The lowest BCUT2D eigenvalue weighted by Crippen LogP contribution is -2.50. The smallest absolute Gasteiger partial charge is 0.261 e. The molecule has 2 atom stereocenters. The van der Waals surface area contributed by atoms with Crippen LogP contribution in [0.2, 0.25) is 5.02 Å². The molecular weight excluding hydrogens is 468 g/mol. The average Bonchev–Trinajstić information content (AvgIpc) is 2.70. The number of nitrogens with zero attached hydrogens (tertiary/aromatic N) is 1. The van der Waals surface area contributed by atoms with E-state index in [-0.39, 0.29) is 24.5 Å². The Morgan fingerprint density at radius 2 is 1.93 bits per heavy atom. The Morgan fingerprint density at radius 1 is 1.20 bits per heavy atom. The molecule has 2 aromatic rings. The zero-order valence-corrected chi connectivity index (χ0v) is 20.1. The minimum absolute atomic E-state index is 0.0358. The van der Waals surface area contributed by atoms with Crippen molar-refractivity contribution < 1.29 is 14.3 Å². The van der Waals surface area contributed by atoms with Gasteiger partial charge in [-0.3, -0.25) is 9.59 Å². The van der Waals surface area contributed by atoms with E-state index in [9.17, 15) is 9.59 Å². The fourth-order valence-corrected chi connectivity index (χ4v) is 3.60. The second kappa shape index (κ2) is 11.4. The fraction of sp³-hybridized carbons (Fsp3) is 0.391. The van der Waals surface area contributed by atoms with Crippen molar-refractivity contribution in [2.75, 3.05) is 6.61 Å². The average molecular weight is 496 g/mol. The van der Waals surface area contributed by atoms with Crippen LogP contribution in [0.25, 0.3) is 0 Å². The Bertz CT molecular complexity index is 891. The summed E-state index contributed by atoms with van der Waals surface area (Å²) in [4.78, 5) is 27.3. The van der Waals surface area contributed by atoms with Crippen molar-refractivity contribution in [3.63, 3.8) is 0 Å². The molecule has 7 heteroatoms. The molecule has 0 saturated carbocycles. The number of nitrogens with one attached hydrogen (secondary N) is 1. The first kappa shape index (κ1) is 24.2. The highest BCUT2D eigenvalue weighted by Gasteiger charge is 2.27. The number of carbonyl (C=O) groups is 2. The molecule has 0 radical (unpaired) electrons. The van der Waals surface area contributed by atoms with Crippen LogP contribution in [0.3, 0.4) is 0 Å². The summed E-state index contributed by atoms with van der Waals surface area (Å²) in [6.45, 7) is 7.77. The summed E-state index contributed by atoms with van der Waals surface area (Å²) >= 11 is 9.53. The largest absolute Gasteiger partial charge is 0.482 e. The molecule has 0 aliphatic carbocycles. The first-order valence-corrected chi connectivity index (χ1v) is 11.1. The molecule has 0 saturated heterocycles. The van der Waals surface area contributed by atoms with E-state index in [1.54, 1.807) is 30.0 Å². The summed E-state index contributed by atoms with van der Waals surface area (Å²) in [5.41, 5.74) is 2.04. The van der Waals surface area contributed by atoms with Crippen molar-refractivity contribution in [1.29, 1.82) is 0 Å². The molecule has 0 aromatic heterocycles. The number of amides is 2. The number of aryl methyl sites for hydroxylation is 1. The third-order valence-electron chi connectivity index (χ3n) is 4.85. The van der Waals surface area contributed by atoms with Crippen LogP contribution >= 0.6 is 27.5 Å². The molecule has 5 nitrogen and oxygen atoms in total. The molecule has 2 rings (SSSR count). The molecule has 0 aliphatic heterocycles. The standard InChI is InChI=1S/C23H28BrClN2O3/c1-5-16(3)26-23(29)17(4)27(13-18-8-6-7-15(2)11-18)22(28)14-30-21-10-9-19(24)12-20(21)25/h6-12,16-17H,5,13-14H2,1-4H3,(H,26,29). The van der Waals surface area contributed by atoms with E-state index in [4.69, 9.17) is 16.3 Å². The van der Waals surface area contributed by atoms with Gasteiger partial charge in [0.25, 0.3) is 5.91 Å². The molecule has 1 N–H and O–H groups in total. The number of rotatable bonds is 9. The van der Waals surface area contributed by atoms with Gasteiger partial charge in [-0.1, -0.05) is 64.3 Å². The number of hydrogen-bond acceptors (Lipinski definition) is 3. The van der Waals surface area contributed by atoms with Gasteiger partial charge in [0.2, 0.25) is 5.91 Å². The summed E-state index contributed by atoms with van der Waals surface area (Å²) in [5.74, 6) is -0.0604. The summed E-state index contributed by atoms with van der Waals surface area (Å²) in [6.07, 6.45) is 0.815. The van der Waals surface area contributed by atoms with Crippen LogP contribution in [-0.2, 0) is 16.1 Å². The molecule has 0 heterocycles. The highest BCUT2D eigenvalue weighted by Crippen LogP contribution is 2.27. The van der Waals surface area contributed by atoms with Crippen LogP contribution < -0.4 is 10.1 Å². The van der Waals surface area contributed by atoms with Gasteiger partial charge in [-0.2, -0.15) is 0 Å². The zero-order valence-electron chi connectivity index (χ0n) is 17.7. The van der Waals surface area contributed by atoms with Crippen LogP contribution in [0.4, 0.5) is 0 Å². The van der Waals surface area contributed by atoms with Crippen LogP contribution in [0.5, 0.6) is 5.75 Å². The first-order chi connectivity index (χ1) is 14.2. The van der Waals surface area contributed by atoms with Crippen molar-refractivity contribution in [1.82, 2.24) is 10.2 Å². The predicted octanol–water partition coefficient (Wildman–Crippen LogP) is 5.12. The summed E-state index contributed by atoms with van der Waals surface area (Å²) < 4.78 is 6.47. The van der Waals surface area contributed by atoms with Gasteiger partial charge in [0.05, 0.1) is 5.02 Å². The van der Waals surface area contributed by atoms with Gasteiger partial charge in [0.15, 0.2) is 6.61 Å². The maximum absolute atomic E-state index is 13.1. The van der Waals surface area contributed by atoms with Crippen LogP contribution in [0.15, 0.2) is 46.9 Å². The molecule has 0 bridgehead atoms. The molecule has 162 valence electrons. The lowest BCUT2D eigenvalue weighted by Gasteiger charge is -2.29. The van der Waals surface area contributed by atoms with E-state index in [1.807, 2.05) is 45.0 Å². The van der Waals surface area contributed by atoms with Crippen LogP contribution in [0.1, 0.15) is 38.3 Å². The second-order valence-electron chi connectivity index (χ2n) is 7.37. The number of ether oxygens (including phenoxy) is 1. The number of carbonyl (C=O) groups excluding carboxylic acids is 2. The predicted molar refractivity (Wildman–Crippen MR) is 124 cm³/mol. The van der Waals surface area contributed by atoms with Gasteiger partial charge in [0, 0.05) is 17.1 Å². The van der Waals surface area contributed by atoms with Crippen molar-refractivity contribution in [2.45, 2.75) is 52.7 Å². The number of hydrogen-bond donors (Lipinski definition) is 1. The highest BCUT2D eigenvalue weighted by molar-refractivity contribution is 9.10. The highest BCUT2D eigenvalue weighted by atomic mass is 79.9. The van der Waals surface area contributed by atoms with Gasteiger partial charge in [-0.15, -0.1) is 0 Å². The molecule has 30 heavy (non-hydrogen) atoms. The first-order valence-electron chi connectivity index (χ1n) is 9.94. The molecule has 0 fully saturated rings. The SMILES string of the molecule is CCC(C)NC(=O)C(C)N(Cc1cccc(C)c1)C(=O)COc1ccc(Br)cc1Cl. The third kappa shape index (κ3) is 7.03. The Kier molecular flexibility index (Phi) is 9.18. The maximum Gasteiger partial charge on any atom is 0.261 e. The zero-order chi connectivity index (χ0) is 22.3. The van der Waals surface area contributed by atoms with E-state index < -0.39 is 6.04 Å². The topological polar surface area (TPSA) is 58.6 Å². The molecule has 2 amide bonds. The second-order valence-corrected chi connectivity index (χ2v) is 8.69. The van der Waals surface area contributed by atoms with E-state index in [0.717, 1.165) is 22.0 Å². The molecule has 2 unspecified atom stereocenters. The molecular formula is C23H28BrClN2O3. The van der Waals surface area contributed by atoms with E-state index in [0.29, 0.717) is 17.3 Å². The lowest BCUT2D eigenvalue weighted by molar-refractivity contribution is -0.142. The minimum Gasteiger partial charge on any atom is -0.482 e. The van der Waals surface area contributed by atoms with E-state index >= 15 is 0 Å². The molecule has 2 aromatic carbocycles. The Hall–Kier alpha value is -2.05. The number of halogens is 2. The minimum atomic E-state index is -0.643. The Labute approximate surface area is 191 Å². The number of benzene rings is 2. The van der Waals surface area contributed by atoms with Crippen LogP contribution in [-0.4, -0.2) is 35.4 Å². The van der Waals surface area contributed by atoms with Gasteiger partial charge < -0.3 is 15.0 Å². The summed E-state index contributed by atoms with van der Waals surface area (Å²) in [6, 6.07) is 12.5. The van der Waals surface area contributed by atoms with Crippen LogP contribution in [0, 0.1) is 6.92 Å². The van der Waals surface area contributed by atoms with E-state index in [1.165, 1.54) is 0 Å². The quantitative estimate of drug-likeness (QED) is 0.525. The molecule has 0 spiro atoms. The Morgan fingerprint density at radius 3 is 2.57 bits per heavy atom. The van der Waals surface area contributed by atoms with Gasteiger partial charge in [0.1, 0.15) is 11.8 Å². The Balaban J connectivity index is 2.18. The van der Waals surface area contributed by atoms with Crippen molar-refractivity contribution in [3.05, 3.63) is 63.1 Å². The lowest BCUT2D eigenvalue weighted by atomic mass is 10.1. The van der Waals surface area contributed by atoms with Gasteiger partial charge >= 0.3 is 0 Å². The molecule has 0 aliphatic rings. The van der Waals surface area contributed by atoms with E-state index in [2.05, 4.69) is 21.2 Å². The maximum atomic E-state index is 13.1. The van der Waals surface area contributed by atoms with Crippen molar-refractivity contribution in [2.24, 2.45) is 0 Å². The monoisotopic (exact) mass is 494 g/mol. The summed E-state index contributed by atoms with van der Waals surface area (Å²) in [5, 5.41) is 3.36. The van der Waals surface area contributed by atoms with Gasteiger partial charge in [-0.05, 0) is 51.0 Å². The normalized spacial score (nSPS) is 12.7. The van der Waals surface area contributed by atoms with Gasteiger partial charge in [-0.25, -0.2) is 0 Å².